The third-order valence-corrected chi connectivity index (χ3v) is 5.59. The first kappa shape index (κ1) is 20.0. The molecule has 1 saturated heterocycles. The molecule has 25 heavy (non-hydrogen) atoms. The number of rotatable bonds is 7. The molecule has 0 spiro atoms. The van der Waals surface area contributed by atoms with Crippen LogP contribution in [-0.2, 0) is 19.6 Å². The van der Waals surface area contributed by atoms with Crippen molar-refractivity contribution in [3.8, 4) is 0 Å². The molecule has 0 aromatic heterocycles. The molecule has 1 fully saturated rings. The Labute approximate surface area is 154 Å². The van der Waals surface area contributed by atoms with E-state index in [1.54, 1.807) is 6.07 Å². The summed E-state index contributed by atoms with van der Waals surface area (Å²) in [4.78, 5) is 12.1. The van der Waals surface area contributed by atoms with Crippen molar-refractivity contribution in [1.82, 2.24) is 5.32 Å². The number of halogens is 1. The fourth-order valence-electron chi connectivity index (χ4n) is 2.99. The zero-order chi connectivity index (χ0) is 18.6. The number of ether oxygens (including phenoxy) is 1. The highest BCUT2D eigenvalue weighted by Gasteiger charge is 2.23. The third kappa shape index (κ3) is 5.59. The number of hydrogen-bond acceptors (Lipinski definition) is 4. The highest BCUT2D eigenvalue weighted by atomic mass is 35.5. The maximum Gasteiger partial charge on any atom is 0.232 e. The molecular weight excluding hydrogens is 364 g/mol. The first-order chi connectivity index (χ1) is 11.7. The number of amides is 1. The van der Waals surface area contributed by atoms with Crippen LogP contribution in [-0.4, -0.2) is 46.4 Å². The van der Waals surface area contributed by atoms with Gasteiger partial charge >= 0.3 is 0 Å². The van der Waals surface area contributed by atoms with E-state index in [1.807, 2.05) is 19.9 Å². The summed E-state index contributed by atoms with van der Waals surface area (Å²) in [5.74, 6) is -0.204. The first-order valence-electron chi connectivity index (χ1n) is 8.31. The van der Waals surface area contributed by atoms with E-state index in [-0.39, 0.29) is 25.0 Å². The van der Waals surface area contributed by atoms with Crippen LogP contribution in [0.2, 0.25) is 5.02 Å². The number of aryl methyl sites for hydroxylation is 2. The van der Waals surface area contributed by atoms with Crippen molar-refractivity contribution in [2.45, 2.75) is 39.2 Å². The van der Waals surface area contributed by atoms with E-state index < -0.39 is 10.0 Å². The predicted octanol–water partition coefficient (Wildman–Crippen LogP) is 2.41. The Morgan fingerprint density at radius 1 is 1.40 bits per heavy atom. The molecule has 140 valence electrons. The molecule has 1 aliphatic heterocycles. The second-order valence-electron chi connectivity index (χ2n) is 6.44. The van der Waals surface area contributed by atoms with Gasteiger partial charge in [-0.05, 0) is 43.9 Å². The molecule has 0 bridgehead atoms. The lowest BCUT2D eigenvalue weighted by Gasteiger charge is -2.25. The maximum absolute atomic E-state index is 12.2. The summed E-state index contributed by atoms with van der Waals surface area (Å²) < 4.78 is 31.1. The normalized spacial score (nSPS) is 17.5. The van der Waals surface area contributed by atoms with Crippen molar-refractivity contribution in [3.63, 3.8) is 0 Å². The molecule has 1 N–H and O–H groups in total. The predicted molar refractivity (Wildman–Crippen MR) is 99.7 cm³/mol. The van der Waals surface area contributed by atoms with Gasteiger partial charge in [0.2, 0.25) is 15.9 Å². The SMILES string of the molecule is Cc1cc(C)c(N(CCC(=O)NCC2CCCO2)S(C)(=O)=O)c(Cl)c1. The summed E-state index contributed by atoms with van der Waals surface area (Å²) in [5.41, 5.74) is 2.14. The fraction of sp³-hybridized carbons (Fsp3) is 0.588. The van der Waals surface area contributed by atoms with Crippen LogP contribution in [0, 0.1) is 13.8 Å². The average molecular weight is 389 g/mol. The lowest BCUT2D eigenvalue weighted by Crippen LogP contribution is -2.37. The van der Waals surface area contributed by atoms with Crippen LogP contribution in [0.1, 0.15) is 30.4 Å². The molecular formula is C17H25ClN2O4S. The number of sulfonamides is 1. The van der Waals surface area contributed by atoms with Crippen molar-refractivity contribution in [2.75, 3.05) is 30.3 Å². The Bertz CT molecular complexity index is 707. The number of hydrogen-bond donors (Lipinski definition) is 1. The lowest BCUT2D eigenvalue weighted by molar-refractivity contribution is -0.121. The van der Waals surface area contributed by atoms with E-state index in [9.17, 15) is 13.2 Å². The number of anilines is 1. The standard InChI is InChI=1S/C17H25ClN2O4S/c1-12-9-13(2)17(15(18)10-12)20(25(3,22)23)7-6-16(21)19-11-14-5-4-8-24-14/h9-10,14H,4-8,11H2,1-3H3,(H,19,21). The van der Waals surface area contributed by atoms with Crippen molar-refractivity contribution in [2.24, 2.45) is 0 Å². The molecule has 1 aromatic rings. The van der Waals surface area contributed by atoms with Gasteiger partial charge in [-0.1, -0.05) is 17.7 Å². The molecule has 1 aliphatic rings. The Morgan fingerprint density at radius 2 is 2.12 bits per heavy atom. The molecule has 6 nitrogen and oxygen atoms in total. The van der Waals surface area contributed by atoms with Crippen molar-refractivity contribution in [1.29, 1.82) is 0 Å². The Hall–Kier alpha value is -1.31. The van der Waals surface area contributed by atoms with Crippen LogP contribution < -0.4 is 9.62 Å². The summed E-state index contributed by atoms with van der Waals surface area (Å²) in [6.07, 6.45) is 3.18. The van der Waals surface area contributed by atoms with Crippen molar-refractivity contribution >= 4 is 33.2 Å². The van der Waals surface area contributed by atoms with E-state index in [0.29, 0.717) is 17.3 Å². The summed E-state index contributed by atoms with van der Waals surface area (Å²) in [6, 6.07) is 3.59. The maximum atomic E-state index is 12.2. The molecule has 0 saturated carbocycles. The van der Waals surface area contributed by atoms with Gasteiger partial charge in [0.25, 0.3) is 0 Å². The largest absolute Gasteiger partial charge is 0.376 e. The number of benzene rings is 1. The van der Waals surface area contributed by atoms with Gasteiger partial charge in [-0.15, -0.1) is 0 Å². The lowest BCUT2D eigenvalue weighted by atomic mass is 10.1. The molecule has 0 aliphatic carbocycles. The van der Waals surface area contributed by atoms with Gasteiger partial charge in [0.1, 0.15) is 0 Å². The van der Waals surface area contributed by atoms with Crippen molar-refractivity contribution in [3.05, 3.63) is 28.3 Å². The molecule has 2 rings (SSSR count). The molecule has 8 heteroatoms. The molecule has 1 unspecified atom stereocenters. The zero-order valence-corrected chi connectivity index (χ0v) is 16.4. The third-order valence-electron chi connectivity index (χ3n) is 4.14. The van der Waals surface area contributed by atoms with Gasteiger partial charge in [0, 0.05) is 26.1 Å². The number of nitrogens with zero attached hydrogens (tertiary/aromatic N) is 1. The van der Waals surface area contributed by atoms with E-state index >= 15 is 0 Å². The van der Waals surface area contributed by atoms with E-state index in [4.69, 9.17) is 16.3 Å². The average Bonchev–Trinajstić information content (AvgIpc) is 2.99. The second-order valence-corrected chi connectivity index (χ2v) is 8.75. The Morgan fingerprint density at radius 3 is 2.68 bits per heavy atom. The minimum Gasteiger partial charge on any atom is -0.376 e. The minimum atomic E-state index is -3.56. The van der Waals surface area contributed by atoms with Gasteiger partial charge in [0.05, 0.1) is 23.1 Å². The van der Waals surface area contributed by atoms with Gasteiger partial charge < -0.3 is 10.1 Å². The van der Waals surface area contributed by atoms with E-state index in [1.165, 1.54) is 4.31 Å². The van der Waals surface area contributed by atoms with Crippen LogP contribution in [0.3, 0.4) is 0 Å². The van der Waals surface area contributed by atoms with Gasteiger partial charge in [-0.3, -0.25) is 9.10 Å². The summed E-state index contributed by atoms with van der Waals surface area (Å²) in [6.45, 7) is 4.94. The highest BCUT2D eigenvalue weighted by Crippen LogP contribution is 2.32. The zero-order valence-electron chi connectivity index (χ0n) is 14.8. The Kier molecular flexibility index (Phi) is 6.71. The number of carbonyl (C=O) groups is 1. The van der Waals surface area contributed by atoms with Crippen LogP contribution in [0.25, 0.3) is 0 Å². The monoisotopic (exact) mass is 388 g/mol. The second kappa shape index (κ2) is 8.38. The summed E-state index contributed by atoms with van der Waals surface area (Å²) >= 11 is 6.27. The Balaban J connectivity index is 2.05. The topological polar surface area (TPSA) is 75.7 Å². The van der Waals surface area contributed by atoms with Crippen LogP contribution in [0.5, 0.6) is 0 Å². The minimum absolute atomic E-state index is 0.0415. The summed E-state index contributed by atoms with van der Waals surface area (Å²) in [5, 5.41) is 3.17. The van der Waals surface area contributed by atoms with Crippen molar-refractivity contribution < 1.29 is 17.9 Å². The van der Waals surface area contributed by atoms with Gasteiger partial charge in [-0.2, -0.15) is 0 Å². The molecule has 1 amide bonds. The van der Waals surface area contributed by atoms with Crippen LogP contribution >= 0.6 is 11.6 Å². The quantitative estimate of drug-likeness (QED) is 0.778. The summed E-state index contributed by atoms with van der Waals surface area (Å²) in [7, 11) is -3.56. The molecule has 1 heterocycles. The number of carbonyl (C=O) groups excluding carboxylic acids is 1. The smallest absolute Gasteiger partial charge is 0.232 e. The van der Waals surface area contributed by atoms with Crippen LogP contribution in [0.4, 0.5) is 5.69 Å². The molecule has 1 aromatic carbocycles. The molecule has 0 radical (unpaired) electrons. The molecule has 1 atom stereocenters. The first-order valence-corrected chi connectivity index (χ1v) is 10.5. The fourth-order valence-corrected chi connectivity index (χ4v) is 4.46. The highest BCUT2D eigenvalue weighted by molar-refractivity contribution is 7.92. The number of nitrogens with one attached hydrogen (secondary N) is 1. The van der Waals surface area contributed by atoms with E-state index in [2.05, 4.69) is 5.32 Å². The van der Waals surface area contributed by atoms with Gasteiger partial charge in [-0.25, -0.2) is 8.42 Å². The van der Waals surface area contributed by atoms with Crippen LogP contribution in [0.15, 0.2) is 12.1 Å². The van der Waals surface area contributed by atoms with Gasteiger partial charge in [0.15, 0.2) is 0 Å². The van der Waals surface area contributed by atoms with E-state index in [0.717, 1.165) is 36.8 Å².